The lowest BCUT2D eigenvalue weighted by Crippen LogP contribution is -2.46. The topological polar surface area (TPSA) is 82.1 Å². The minimum atomic E-state index is -0.176. The maximum atomic E-state index is 15.3. The fraction of sp³-hybridized carbons (Fsp3) is 0.542. The third-order valence-electron chi connectivity index (χ3n) is 6.94. The second-order valence-corrected chi connectivity index (χ2v) is 9.58. The average molecular weight is 439 g/mol. The smallest absolute Gasteiger partial charge is 0.320 e. The Hall–Kier alpha value is -2.74. The average Bonchev–Trinajstić information content (AvgIpc) is 3.12. The van der Waals surface area contributed by atoms with Crippen molar-refractivity contribution in [2.24, 2.45) is 11.8 Å². The molecule has 1 atom stereocenters. The number of nitrogen functional groups attached to an aromatic ring is 1. The number of fused-ring (bicyclic) bond motifs is 4. The lowest BCUT2D eigenvalue weighted by Gasteiger charge is -2.45. The highest BCUT2D eigenvalue weighted by Gasteiger charge is 2.35. The van der Waals surface area contributed by atoms with Crippen molar-refractivity contribution in [3.63, 3.8) is 0 Å². The van der Waals surface area contributed by atoms with Crippen LogP contribution in [0.3, 0.4) is 0 Å². The minimum Gasteiger partial charge on any atom is -0.467 e. The standard InChI is InChI=1S/C24H31FN6O/c1-14(2)10-20-27-21-22(26)28-24(32-3)29-23(21)31(20)12-17-5-4-16(11-19(17)25)18-13-30-8-6-15(18)7-9-30/h4-5,11,14-15,18H,6-10,12-13H2,1-3H3,(H2,26,28,29). The first kappa shape index (κ1) is 21.1. The van der Waals surface area contributed by atoms with Gasteiger partial charge in [-0.25, -0.2) is 9.37 Å². The number of aromatic nitrogens is 4. The number of rotatable bonds is 6. The van der Waals surface area contributed by atoms with E-state index in [9.17, 15) is 0 Å². The summed E-state index contributed by atoms with van der Waals surface area (Å²) in [4.78, 5) is 15.8. The summed E-state index contributed by atoms with van der Waals surface area (Å²) in [6.07, 6.45) is 3.17. The molecule has 6 rings (SSSR count). The molecule has 0 amide bonds. The molecule has 0 saturated carbocycles. The maximum absolute atomic E-state index is 15.3. The number of anilines is 1. The van der Waals surface area contributed by atoms with Crippen LogP contribution in [0, 0.1) is 17.7 Å². The van der Waals surface area contributed by atoms with Gasteiger partial charge in [0.2, 0.25) is 0 Å². The molecule has 0 radical (unpaired) electrons. The molecule has 3 saturated heterocycles. The Balaban J connectivity index is 1.50. The number of imidazole rings is 1. The summed E-state index contributed by atoms with van der Waals surface area (Å²) in [5.74, 6) is 2.41. The van der Waals surface area contributed by atoms with Gasteiger partial charge < -0.3 is 19.9 Å². The molecule has 3 fully saturated rings. The fourth-order valence-electron chi connectivity index (χ4n) is 5.26. The molecule has 0 spiro atoms. The number of halogens is 1. The molecule has 2 aromatic heterocycles. The van der Waals surface area contributed by atoms with Crippen LogP contribution in [0.1, 0.15) is 49.6 Å². The highest BCUT2D eigenvalue weighted by atomic mass is 19.1. The Morgan fingerprint density at radius 1 is 1.19 bits per heavy atom. The zero-order chi connectivity index (χ0) is 22.4. The molecule has 5 heterocycles. The van der Waals surface area contributed by atoms with E-state index in [1.165, 1.54) is 33.0 Å². The first-order chi connectivity index (χ1) is 15.4. The summed E-state index contributed by atoms with van der Waals surface area (Å²) in [6.45, 7) is 8.00. The Labute approximate surface area is 187 Å². The maximum Gasteiger partial charge on any atom is 0.320 e. The van der Waals surface area contributed by atoms with E-state index in [1.807, 2.05) is 10.6 Å². The predicted octanol–water partition coefficient (Wildman–Crippen LogP) is 3.61. The molecule has 1 unspecified atom stereocenters. The normalized spacial score (nSPS) is 22.7. The van der Waals surface area contributed by atoms with E-state index in [-0.39, 0.29) is 17.6 Å². The van der Waals surface area contributed by atoms with Gasteiger partial charge >= 0.3 is 6.01 Å². The van der Waals surface area contributed by atoms with E-state index in [2.05, 4.69) is 34.8 Å². The van der Waals surface area contributed by atoms with E-state index in [0.29, 0.717) is 41.0 Å². The van der Waals surface area contributed by atoms with Crippen LogP contribution < -0.4 is 10.5 Å². The van der Waals surface area contributed by atoms with Crippen molar-refractivity contribution >= 4 is 17.0 Å². The zero-order valence-electron chi connectivity index (χ0n) is 19.0. The van der Waals surface area contributed by atoms with Gasteiger partial charge in [-0.15, -0.1) is 0 Å². The summed E-state index contributed by atoms with van der Waals surface area (Å²) in [5, 5.41) is 0. The quantitative estimate of drug-likeness (QED) is 0.633. The number of methoxy groups -OCH3 is 1. The number of ether oxygens (including phenoxy) is 1. The number of hydrogen-bond donors (Lipinski definition) is 1. The second-order valence-electron chi connectivity index (χ2n) is 9.58. The van der Waals surface area contributed by atoms with Crippen LogP contribution in [0.25, 0.3) is 11.2 Å². The highest BCUT2D eigenvalue weighted by Crippen LogP contribution is 2.39. The van der Waals surface area contributed by atoms with Crippen molar-refractivity contribution < 1.29 is 9.13 Å². The molecule has 170 valence electrons. The van der Waals surface area contributed by atoms with Crippen LogP contribution in [0.4, 0.5) is 10.2 Å². The molecule has 0 aliphatic carbocycles. The van der Waals surface area contributed by atoms with Crippen LogP contribution in [-0.2, 0) is 13.0 Å². The molecular weight excluding hydrogens is 407 g/mol. The summed E-state index contributed by atoms with van der Waals surface area (Å²) in [7, 11) is 1.50. The van der Waals surface area contributed by atoms with E-state index >= 15 is 4.39 Å². The first-order valence-electron chi connectivity index (χ1n) is 11.5. The number of nitrogens with two attached hydrogens (primary N) is 1. The van der Waals surface area contributed by atoms with Gasteiger partial charge in [-0.05, 0) is 55.3 Å². The van der Waals surface area contributed by atoms with E-state index < -0.39 is 0 Å². The number of hydrogen-bond acceptors (Lipinski definition) is 6. The Kier molecular flexibility index (Phi) is 5.49. The van der Waals surface area contributed by atoms with Crippen LogP contribution in [0.15, 0.2) is 18.2 Å². The zero-order valence-corrected chi connectivity index (χ0v) is 19.0. The van der Waals surface area contributed by atoms with Gasteiger partial charge in [-0.1, -0.05) is 26.0 Å². The number of piperidine rings is 3. The van der Waals surface area contributed by atoms with Crippen LogP contribution in [-0.4, -0.2) is 51.2 Å². The molecule has 2 bridgehead atoms. The molecule has 3 aliphatic heterocycles. The Morgan fingerprint density at radius 2 is 1.97 bits per heavy atom. The summed E-state index contributed by atoms with van der Waals surface area (Å²) < 4.78 is 22.5. The molecule has 32 heavy (non-hydrogen) atoms. The summed E-state index contributed by atoms with van der Waals surface area (Å²) >= 11 is 0. The predicted molar refractivity (Wildman–Crippen MR) is 122 cm³/mol. The van der Waals surface area contributed by atoms with E-state index in [0.717, 1.165) is 24.4 Å². The molecule has 3 aliphatic rings. The SMILES string of the molecule is COc1nc(N)c2nc(CC(C)C)n(Cc3ccc(C4CN5CCC4CC5)cc3F)c2n1. The Morgan fingerprint density at radius 3 is 2.59 bits per heavy atom. The van der Waals surface area contributed by atoms with Gasteiger partial charge in [0.25, 0.3) is 0 Å². The van der Waals surface area contributed by atoms with Gasteiger partial charge in [0.15, 0.2) is 17.0 Å². The highest BCUT2D eigenvalue weighted by molar-refractivity contribution is 5.82. The second kappa shape index (κ2) is 8.31. The molecule has 2 N–H and O–H groups in total. The molecule has 7 nitrogen and oxygen atoms in total. The van der Waals surface area contributed by atoms with Gasteiger partial charge in [0, 0.05) is 18.5 Å². The summed E-state index contributed by atoms with van der Waals surface area (Å²) in [6, 6.07) is 5.96. The van der Waals surface area contributed by atoms with Crippen LogP contribution >= 0.6 is 0 Å². The third-order valence-corrected chi connectivity index (χ3v) is 6.94. The van der Waals surface area contributed by atoms with E-state index in [4.69, 9.17) is 15.5 Å². The van der Waals surface area contributed by atoms with Gasteiger partial charge in [0.05, 0.1) is 13.7 Å². The van der Waals surface area contributed by atoms with Gasteiger partial charge in [-0.3, -0.25) is 0 Å². The Bertz CT molecular complexity index is 1140. The van der Waals surface area contributed by atoms with Crippen molar-refractivity contribution in [3.05, 3.63) is 41.0 Å². The number of nitrogens with zero attached hydrogens (tertiary/aromatic N) is 5. The molecule has 8 heteroatoms. The molecular formula is C24H31FN6O. The number of benzene rings is 1. The van der Waals surface area contributed by atoms with E-state index in [1.54, 1.807) is 6.07 Å². The van der Waals surface area contributed by atoms with Gasteiger partial charge in [-0.2, -0.15) is 9.97 Å². The first-order valence-corrected chi connectivity index (χ1v) is 11.5. The summed E-state index contributed by atoms with van der Waals surface area (Å²) in [5.41, 5.74) is 8.96. The minimum absolute atomic E-state index is 0.176. The van der Waals surface area contributed by atoms with Gasteiger partial charge in [0.1, 0.15) is 11.6 Å². The lowest BCUT2D eigenvalue weighted by molar-refractivity contribution is 0.0870. The fourth-order valence-corrected chi connectivity index (χ4v) is 5.26. The van der Waals surface area contributed by atoms with Crippen molar-refractivity contribution in [1.29, 1.82) is 0 Å². The van der Waals surface area contributed by atoms with Crippen molar-refractivity contribution in [2.75, 3.05) is 32.5 Å². The molecule has 1 aromatic carbocycles. The van der Waals surface area contributed by atoms with Crippen LogP contribution in [0.2, 0.25) is 0 Å². The van der Waals surface area contributed by atoms with Crippen molar-refractivity contribution in [1.82, 2.24) is 24.4 Å². The molecule has 3 aromatic rings. The third kappa shape index (κ3) is 3.81. The van der Waals surface area contributed by atoms with Crippen molar-refractivity contribution in [3.8, 4) is 6.01 Å². The lowest BCUT2D eigenvalue weighted by atomic mass is 9.75. The van der Waals surface area contributed by atoms with Crippen LogP contribution in [0.5, 0.6) is 6.01 Å². The van der Waals surface area contributed by atoms with Crippen molar-refractivity contribution in [2.45, 2.75) is 45.6 Å². The largest absolute Gasteiger partial charge is 0.467 e. The monoisotopic (exact) mass is 438 g/mol.